The van der Waals surface area contributed by atoms with Gasteiger partial charge in [0, 0.05) is 24.3 Å². The predicted molar refractivity (Wildman–Crippen MR) is 210 cm³/mol. The highest BCUT2D eigenvalue weighted by Crippen LogP contribution is 2.26. The van der Waals surface area contributed by atoms with Gasteiger partial charge in [-0.15, -0.1) is 0 Å². The number of rotatable bonds is 14. The molecule has 0 aromatic heterocycles. The summed E-state index contributed by atoms with van der Waals surface area (Å²) < 4.78 is 37.0. The van der Waals surface area contributed by atoms with Crippen molar-refractivity contribution in [2.24, 2.45) is 5.73 Å². The van der Waals surface area contributed by atoms with Crippen LogP contribution in [0.5, 0.6) is 5.75 Å². The van der Waals surface area contributed by atoms with E-state index in [1.54, 1.807) is 18.1 Å². The maximum absolute atomic E-state index is 13.7. The maximum atomic E-state index is 13.7. The highest BCUT2D eigenvalue weighted by Gasteiger charge is 2.38. The lowest BCUT2D eigenvalue weighted by molar-refractivity contribution is -0.192. The fourth-order valence-electron chi connectivity index (χ4n) is 5.30. The smallest absolute Gasteiger partial charge is 0.490 e. The second kappa shape index (κ2) is 20.7. The molecule has 0 aliphatic rings. The zero-order chi connectivity index (χ0) is 40.5. The topological polar surface area (TPSA) is 151 Å². The van der Waals surface area contributed by atoms with E-state index in [2.05, 4.69) is 10.6 Å². The number of hydrogen-bond donors (Lipinski definition) is 4. The molecule has 0 spiro atoms. The standard InChI is InChI=1S/C41H40N4O4.C2HF3O2/c1-49-36-23-17-31(18-24-36)12-11-30-15-21-35(22-16-30)45(40(47)28-44-39(46)27-32-7-3-2-4-8-32)29-33-13-19-34(20-14-33)37-9-5-6-10-38(37)41(48)43-26-25-42;3-2(4,5)1(6)7/h2-24H,25-29,42H2,1H3,(H,43,48)(H,44,46);(H,6,7). The summed E-state index contributed by atoms with van der Waals surface area (Å²) in [6, 6.07) is 40.2. The number of methoxy groups -OCH3 is 1. The average molecular weight is 767 g/mol. The van der Waals surface area contributed by atoms with Crippen molar-refractivity contribution in [1.82, 2.24) is 10.6 Å². The van der Waals surface area contributed by atoms with Crippen LogP contribution in [-0.4, -0.2) is 61.7 Å². The van der Waals surface area contributed by atoms with E-state index in [0.29, 0.717) is 24.3 Å². The quantitative estimate of drug-likeness (QED) is 0.0914. The van der Waals surface area contributed by atoms with Gasteiger partial charge in [-0.1, -0.05) is 109 Å². The number of halogens is 3. The van der Waals surface area contributed by atoms with Crippen molar-refractivity contribution in [2.45, 2.75) is 19.1 Å². The number of amides is 3. The fourth-order valence-corrected chi connectivity index (χ4v) is 5.30. The van der Waals surface area contributed by atoms with E-state index in [9.17, 15) is 27.6 Å². The summed E-state index contributed by atoms with van der Waals surface area (Å²) >= 11 is 0. The summed E-state index contributed by atoms with van der Waals surface area (Å²) in [5.74, 6) is -2.61. The number of ether oxygens (including phenoxy) is 1. The molecule has 5 rings (SSSR count). The number of carboxylic acids is 1. The van der Waals surface area contributed by atoms with Gasteiger partial charge in [-0.05, 0) is 63.7 Å². The third-order valence-electron chi connectivity index (χ3n) is 8.18. The summed E-state index contributed by atoms with van der Waals surface area (Å²) in [6.45, 7) is 0.891. The molecule has 5 aromatic carbocycles. The number of nitrogens with zero attached hydrogens (tertiary/aromatic N) is 1. The summed E-state index contributed by atoms with van der Waals surface area (Å²) in [5.41, 5.74) is 12.3. The Balaban J connectivity index is 0.000000908. The summed E-state index contributed by atoms with van der Waals surface area (Å²) in [5, 5.41) is 12.8. The van der Waals surface area contributed by atoms with Gasteiger partial charge in [-0.2, -0.15) is 13.2 Å². The van der Waals surface area contributed by atoms with Crippen molar-refractivity contribution >= 4 is 41.5 Å². The molecule has 0 saturated carbocycles. The molecule has 5 aromatic rings. The number of carbonyl (C=O) groups is 4. The minimum atomic E-state index is -5.08. The van der Waals surface area contributed by atoms with Crippen molar-refractivity contribution in [3.8, 4) is 16.9 Å². The van der Waals surface area contributed by atoms with E-state index in [4.69, 9.17) is 20.4 Å². The number of carbonyl (C=O) groups excluding carboxylic acids is 3. The molecule has 56 heavy (non-hydrogen) atoms. The number of anilines is 1. The molecule has 10 nitrogen and oxygen atoms in total. The lowest BCUT2D eigenvalue weighted by Crippen LogP contribution is -2.40. The van der Waals surface area contributed by atoms with Crippen LogP contribution in [0, 0.1) is 0 Å². The Bertz CT molecular complexity index is 2090. The van der Waals surface area contributed by atoms with Crippen LogP contribution < -0.4 is 26.0 Å². The van der Waals surface area contributed by atoms with E-state index < -0.39 is 12.1 Å². The van der Waals surface area contributed by atoms with E-state index in [0.717, 1.165) is 39.1 Å². The number of benzene rings is 5. The summed E-state index contributed by atoms with van der Waals surface area (Å²) in [6.07, 6.45) is -0.869. The van der Waals surface area contributed by atoms with Gasteiger partial charge in [0.15, 0.2) is 0 Å². The first-order valence-corrected chi connectivity index (χ1v) is 17.4. The fraction of sp³-hybridized carbons (Fsp3) is 0.163. The van der Waals surface area contributed by atoms with E-state index in [-0.39, 0.29) is 37.2 Å². The Labute approximate surface area is 322 Å². The largest absolute Gasteiger partial charge is 0.497 e. The van der Waals surface area contributed by atoms with Crippen molar-refractivity contribution in [3.63, 3.8) is 0 Å². The average Bonchev–Trinajstić information content (AvgIpc) is 3.21. The maximum Gasteiger partial charge on any atom is 0.490 e. The highest BCUT2D eigenvalue weighted by molar-refractivity contribution is 6.01. The van der Waals surface area contributed by atoms with Gasteiger partial charge in [0.2, 0.25) is 11.8 Å². The van der Waals surface area contributed by atoms with Gasteiger partial charge in [-0.25, -0.2) is 4.79 Å². The molecule has 0 aliphatic heterocycles. The molecule has 0 radical (unpaired) electrons. The Morgan fingerprint density at radius 1 is 0.750 bits per heavy atom. The Morgan fingerprint density at radius 2 is 1.32 bits per heavy atom. The number of nitrogens with one attached hydrogen (secondary N) is 2. The van der Waals surface area contributed by atoms with Crippen LogP contribution in [0.1, 0.15) is 32.6 Å². The molecule has 13 heteroatoms. The van der Waals surface area contributed by atoms with Gasteiger partial charge in [0.1, 0.15) is 5.75 Å². The van der Waals surface area contributed by atoms with Gasteiger partial charge < -0.3 is 31.1 Å². The summed E-state index contributed by atoms with van der Waals surface area (Å²) in [4.78, 5) is 49.7. The predicted octanol–water partition coefficient (Wildman–Crippen LogP) is 6.75. The van der Waals surface area contributed by atoms with Crippen LogP contribution in [0.4, 0.5) is 18.9 Å². The van der Waals surface area contributed by atoms with E-state index >= 15 is 0 Å². The number of hydrogen-bond acceptors (Lipinski definition) is 6. The molecule has 0 fully saturated rings. The first-order valence-electron chi connectivity index (χ1n) is 17.4. The highest BCUT2D eigenvalue weighted by atomic mass is 19.4. The Hall–Kier alpha value is -6.73. The van der Waals surface area contributed by atoms with Gasteiger partial charge >= 0.3 is 12.1 Å². The second-order valence-electron chi connectivity index (χ2n) is 12.2. The zero-order valence-electron chi connectivity index (χ0n) is 30.5. The van der Waals surface area contributed by atoms with Crippen LogP contribution in [0.15, 0.2) is 127 Å². The molecule has 290 valence electrons. The molecule has 3 amide bonds. The lowest BCUT2D eigenvalue weighted by atomic mass is 9.98. The number of aliphatic carboxylic acids is 1. The van der Waals surface area contributed by atoms with Crippen LogP contribution in [0.25, 0.3) is 23.3 Å². The monoisotopic (exact) mass is 766 g/mol. The minimum Gasteiger partial charge on any atom is -0.497 e. The molecule has 0 heterocycles. The second-order valence-corrected chi connectivity index (χ2v) is 12.2. The molecular formula is C43H41F3N4O6. The Kier molecular flexibility index (Phi) is 15.5. The molecule has 0 unspecified atom stereocenters. The van der Waals surface area contributed by atoms with Gasteiger partial charge in [0.25, 0.3) is 5.91 Å². The van der Waals surface area contributed by atoms with Crippen molar-refractivity contribution in [3.05, 3.63) is 155 Å². The van der Waals surface area contributed by atoms with Crippen molar-refractivity contribution in [1.29, 1.82) is 0 Å². The molecule has 0 aliphatic carbocycles. The Morgan fingerprint density at radius 3 is 1.89 bits per heavy atom. The van der Waals surface area contributed by atoms with E-state index in [1.165, 1.54) is 0 Å². The third-order valence-corrected chi connectivity index (χ3v) is 8.18. The van der Waals surface area contributed by atoms with Gasteiger partial charge in [-0.3, -0.25) is 14.4 Å². The normalized spacial score (nSPS) is 10.9. The molecule has 0 atom stereocenters. The molecule has 5 N–H and O–H groups in total. The third kappa shape index (κ3) is 13.0. The van der Waals surface area contributed by atoms with Crippen LogP contribution >= 0.6 is 0 Å². The SMILES string of the molecule is COc1ccc(C=Cc2ccc(N(Cc3ccc(-c4ccccc4C(=O)NCCN)cc3)C(=O)CNC(=O)Cc3ccccc3)cc2)cc1.O=C(O)C(F)(F)F. The van der Waals surface area contributed by atoms with Crippen LogP contribution in [0.3, 0.4) is 0 Å². The van der Waals surface area contributed by atoms with E-state index in [1.807, 2.05) is 133 Å². The lowest BCUT2D eigenvalue weighted by Gasteiger charge is -2.24. The van der Waals surface area contributed by atoms with Crippen molar-refractivity contribution < 1.29 is 42.2 Å². The first kappa shape index (κ1) is 42.0. The van der Waals surface area contributed by atoms with Crippen LogP contribution in [0.2, 0.25) is 0 Å². The number of alkyl halides is 3. The zero-order valence-corrected chi connectivity index (χ0v) is 30.5. The number of nitrogens with two attached hydrogens (primary N) is 1. The molecule has 0 saturated heterocycles. The molecular weight excluding hydrogens is 725 g/mol. The van der Waals surface area contributed by atoms with Gasteiger partial charge in [0.05, 0.1) is 26.6 Å². The summed E-state index contributed by atoms with van der Waals surface area (Å²) in [7, 11) is 1.64. The van der Waals surface area contributed by atoms with Crippen molar-refractivity contribution in [2.75, 3.05) is 31.6 Å². The first-order chi connectivity index (χ1) is 26.9. The number of carboxylic acid groups (broad SMARTS) is 1. The van der Waals surface area contributed by atoms with Crippen LogP contribution in [-0.2, 0) is 27.3 Å². The molecule has 0 bridgehead atoms. The minimum absolute atomic E-state index is 0.145.